The first-order valence-corrected chi connectivity index (χ1v) is 8.47. The minimum atomic E-state index is -1.03. The first-order valence-electron chi connectivity index (χ1n) is 8.47. The number of carboxylic acids is 1. The van der Waals surface area contributed by atoms with E-state index in [9.17, 15) is 19.5 Å². The van der Waals surface area contributed by atoms with Crippen molar-refractivity contribution < 1.29 is 19.5 Å². The van der Waals surface area contributed by atoms with Crippen LogP contribution in [0.25, 0.3) is 0 Å². The molecule has 7 nitrogen and oxygen atoms in total. The van der Waals surface area contributed by atoms with Gasteiger partial charge in [0.25, 0.3) is 0 Å². The van der Waals surface area contributed by atoms with Gasteiger partial charge < -0.3 is 20.6 Å². The number of amides is 2. The van der Waals surface area contributed by atoms with Crippen molar-refractivity contribution in [3.8, 4) is 0 Å². The molecule has 0 aromatic rings. The lowest BCUT2D eigenvalue weighted by molar-refractivity contribution is -0.144. The van der Waals surface area contributed by atoms with E-state index < -0.39 is 18.1 Å². The fraction of sp³-hybridized carbons (Fsp3) is 0.812. The molecule has 0 spiro atoms. The van der Waals surface area contributed by atoms with E-state index in [1.54, 1.807) is 4.90 Å². The maximum Gasteiger partial charge on any atom is 0.326 e. The summed E-state index contributed by atoms with van der Waals surface area (Å²) in [7, 11) is 0. The van der Waals surface area contributed by atoms with Crippen molar-refractivity contribution >= 4 is 17.8 Å². The predicted octanol–water partition coefficient (Wildman–Crippen LogP) is 0.345. The maximum absolute atomic E-state index is 12.5. The zero-order chi connectivity index (χ0) is 17.0. The number of nitrogens with one attached hydrogen (secondary N) is 2. The van der Waals surface area contributed by atoms with Crippen molar-refractivity contribution in [2.24, 2.45) is 5.92 Å². The van der Waals surface area contributed by atoms with Crippen molar-refractivity contribution in [3.05, 3.63) is 0 Å². The van der Waals surface area contributed by atoms with Gasteiger partial charge in [-0.15, -0.1) is 0 Å². The summed E-state index contributed by atoms with van der Waals surface area (Å²) < 4.78 is 0. The van der Waals surface area contributed by atoms with Gasteiger partial charge in [-0.1, -0.05) is 13.8 Å². The molecule has 2 saturated heterocycles. The van der Waals surface area contributed by atoms with Gasteiger partial charge in [0.05, 0.1) is 6.04 Å². The summed E-state index contributed by atoms with van der Waals surface area (Å²) in [6.07, 6.45) is 3.52. The third-order valence-electron chi connectivity index (χ3n) is 4.52. The van der Waals surface area contributed by atoms with Crippen molar-refractivity contribution in [1.29, 1.82) is 0 Å². The lowest BCUT2D eigenvalue weighted by Gasteiger charge is -2.28. The predicted molar refractivity (Wildman–Crippen MR) is 84.8 cm³/mol. The van der Waals surface area contributed by atoms with E-state index in [0.717, 1.165) is 25.8 Å². The number of carbonyl (C=O) groups is 3. The van der Waals surface area contributed by atoms with E-state index in [1.165, 1.54) is 0 Å². The topological polar surface area (TPSA) is 98.7 Å². The summed E-state index contributed by atoms with van der Waals surface area (Å²) in [5.74, 6) is -1.24. The second kappa shape index (κ2) is 7.77. The average molecular weight is 325 g/mol. The molecule has 0 aromatic carbocycles. The van der Waals surface area contributed by atoms with E-state index in [0.29, 0.717) is 19.4 Å². The van der Waals surface area contributed by atoms with Crippen LogP contribution < -0.4 is 10.6 Å². The van der Waals surface area contributed by atoms with Gasteiger partial charge in [-0.2, -0.15) is 0 Å². The maximum atomic E-state index is 12.5. The Hall–Kier alpha value is -1.63. The Kier molecular flexibility index (Phi) is 5.98. The van der Waals surface area contributed by atoms with Gasteiger partial charge >= 0.3 is 5.97 Å². The third-order valence-corrected chi connectivity index (χ3v) is 4.52. The van der Waals surface area contributed by atoms with Gasteiger partial charge in [0.15, 0.2) is 0 Å². The van der Waals surface area contributed by atoms with Crippen molar-refractivity contribution in [2.45, 2.75) is 64.1 Å². The molecule has 23 heavy (non-hydrogen) atoms. The van der Waals surface area contributed by atoms with Crippen LogP contribution in [-0.2, 0) is 14.4 Å². The van der Waals surface area contributed by atoms with Crippen molar-refractivity contribution in [2.75, 3.05) is 13.1 Å². The van der Waals surface area contributed by atoms with E-state index in [2.05, 4.69) is 10.6 Å². The Morgan fingerprint density at radius 3 is 2.57 bits per heavy atom. The monoisotopic (exact) mass is 325 g/mol. The normalized spacial score (nSPS) is 25.6. The molecule has 130 valence electrons. The molecular formula is C16H27N3O4. The highest BCUT2D eigenvalue weighted by Crippen LogP contribution is 2.21. The lowest BCUT2D eigenvalue weighted by atomic mass is 10.0. The molecule has 7 heteroatoms. The fourth-order valence-electron chi connectivity index (χ4n) is 3.36. The highest BCUT2D eigenvalue weighted by Gasteiger charge is 2.38. The number of nitrogens with zero attached hydrogens (tertiary/aromatic N) is 1. The number of hydrogen-bond acceptors (Lipinski definition) is 4. The van der Waals surface area contributed by atoms with E-state index in [-0.39, 0.29) is 23.8 Å². The lowest BCUT2D eigenvalue weighted by Crippen LogP contribution is -2.53. The Labute approximate surface area is 136 Å². The Bertz CT molecular complexity index is 460. The van der Waals surface area contributed by atoms with Gasteiger partial charge in [0.2, 0.25) is 11.8 Å². The van der Waals surface area contributed by atoms with Gasteiger partial charge in [0, 0.05) is 6.54 Å². The van der Waals surface area contributed by atoms with Crippen molar-refractivity contribution in [3.63, 3.8) is 0 Å². The molecule has 2 heterocycles. The molecule has 0 bridgehead atoms. The smallest absolute Gasteiger partial charge is 0.326 e. The Balaban J connectivity index is 1.99. The van der Waals surface area contributed by atoms with Gasteiger partial charge in [-0.25, -0.2) is 4.79 Å². The summed E-state index contributed by atoms with van der Waals surface area (Å²) in [6, 6.07) is -1.64. The van der Waals surface area contributed by atoms with Crippen LogP contribution in [0.4, 0.5) is 0 Å². The van der Waals surface area contributed by atoms with Gasteiger partial charge in [-0.3, -0.25) is 9.59 Å². The van der Waals surface area contributed by atoms with Crippen LogP contribution in [0.3, 0.4) is 0 Å². The van der Waals surface area contributed by atoms with Crippen LogP contribution >= 0.6 is 0 Å². The molecule has 2 aliphatic heterocycles. The number of carbonyl (C=O) groups excluding carboxylic acids is 2. The van der Waals surface area contributed by atoms with Crippen LogP contribution in [0, 0.1) is 5.92 Å². The highest BCUT2D eigenvalue weighted by molar-refractivity contribution is 5.92. The first kappa shape index (κ1) is 17.7. The van der Waals surface area contributed by atoms with Gasteiger partial charge in [0.1, 0.15) is 12.1 Å². The zero-order valence-corrected chi connectivity index (χ0v) is 13.9. The molecule has 3 atom stereocenters. The molecule has 2 aliphatic rings. The SMILES string of the molecule is CC(C)CC(NC(=O)C1CCCN1C(=O)C1CCCN1)C(=O)O. The van der Waals surface area contributed by atoms with Crippen LogP contribution in [0.1, 0.15) is 46.0 Å². The molecule has 0 aliphatic carbocycles. The van der Waals surface area contributed by atoms with Crippen LogP contribution in [0.5, 0.6) is 0 Å². The quantitative estimate of drug-likeness (QED) is 0.654. The highest BCUT2D eigenvalue weighted by atomic mass is 16.4. The zero-order valence-electron chi connectivity index (χ0n) is 13.9. The molecule has 3 unspecified atom stereocenters. The second-order valence-corrected chi connectivity index (χ2v) is 6.87. The largest absolute Gasteiger partial charge is 0.480 e. The molecular weight excluding hydrogens is 298 g/mol. The van der Waals surface area contributed by atoms with Crippen LogP contribution in [0.15, 0.2) is 0 Å². The molecule has 2 rings (SSSR count). The third kappa shape index (κ3) is 4.43. The standard InChI is InChI=1S/C16H27N3O4/c1-10(2)9-12(16(22)23)18-14(20)13-6-4-8-19(13)15(21)11-5-3-7-17-11/h10-13,17H,3-9H2,1-2H3,(H,18,20)(H,22,23). The van der Waals surface area contributed by atoms with Crippen LogP contribution in [-0.4, -0.2) is 59.0 Å². The molecule has 2 fully saturated rings. The van der Waals surface area contributed by atoms with E-state index in [4.69, 9.17) is 0 Å². The summed E-state index contributed by atoms with van der Waals surface area (Å²) in [5.41, 5.74) is 0. The Morgan fingerprint density at radius 2 is 2.00 bits per heavy atom. The summed E-state index contributed by atoms with van der Waals surface area (Å²) in [4.78, 5) is 37.9. The summed E-state index contributed by atoms with van der Waals surface area (Å²) in [5, 5.41) is 15.0. The second-order valence-electron chi connectivity index (χ2n) is 6.87. The number of likely N-dealkylation sites (tertiary alicyclic amines) is 1. The van der Waals surface area contributed by atoms with Gasteiger partial charge in [-0.05, 0) is 44.6 Å². The number of carboxylic acid groups (broad SMARTS) is 1. The number of hydrogen-bond donors (Lipinski definition) is 3. The minimum Gasteiger partial charge on any atom is -0.480 e. The molecule has 0 saturated carbocycles. The van der Waals surface area contributed by atoms with Crippen molar-refractivity contribution in [1.82, 2.24) is 15.5 Å². The summed E-state index contributed by atoms with van der Waals surface area (Å²) in [6.45, 7) is 5.23. The van der Waals surface area contributed by atoms with E-state index >= 15 is 0 Å². The molecule has 2 amide bonds. The Morgan fingerprint density at radius 1 is 1.26 bits per heavy atom. The minimum absolute atomic E-state index is 0.0316. The fourth-order valence-corrected chi connectivity index (χ4v) is 3.36. The molecule has 3 N–H and O–H groups in total. The van der Waals surface area contributed by atoms with Crippen LogP contribution in [0.2, 0.25) is 0 Å². The first-order chi connectivity index (χ1) is 10.9. The number of aliphatic carboxylic acids is 1. The molecule has 0 radical (unpaired) electrons. The molecule has 0 aromatic heterocycles. The summed E-state index contributed by atoms with van der Waals surface area (Å²) >= 11 is 0. The number of rotatable bonds is 6. The average Bonchev–Trinajstić information content (AvgIpc) is 3.16. The van der Waals surface area contributed by atoms with E-state index in [1.807, 2.05) is 13.8 Å².